The van der Waals surface area contributed by atoms with E-state index in [0.29, 0.717) is 5.92 Å². The number of thiophene rings is 1. The fourth-order valence-electron chi connectivity index (χ4n) is 2.37. The second-order valence-electron chi connectivity index (χ2n) is 5.07. The van der Waals surface area contributed by atoms with Gasteiger partial charge in [-0.1, -0.05) is 34.1 Å². The number of ether oxygens (including phenoxy) is 1. The molecule has 2 nitrogen and oxygen atoms in total. The van der Waals surface area contributed by atoms with Crippen LogP contribution in [0.1, 0.15) is 22.8 Å². The second-order valence-corrected chi connectivity index (χ2v) is 7.01. The van der Waals surface area contributed by atoms with Gasteiger partial charge in [0.25, 0.3) is 0 Å². The summed E-state index contributed by atoms with van der Waals surface area (Å²) in [6.07, 6.45) is 2.30. The lowest BCUT2D eigenvalue weighted by Gasteiger charge is -2.18. The van der Waals surface area contributed by atoms with Gasteiger partial charge in [-0.25, -0.2) is 0 Å². The van der Waals surface area contributed by atoms with E-state index in [1.165, 1.54) is 10.4 Å². The Morgan fingerprint density at radius 1 is 1.29 bits per heavy atom. The molecule has 0 bridgehead atoms. The molecule has 0 aliphatic carbocycles. The fourth-order valence-corrected chi connectivity index (χ4v) is 3.51. The highest BCUT2D eigenvalue weighted by atomic mass is 79.9. The lowest BCUT2D eigenvalue weighted by Crippen LogP contribution is -2.25. The van der Waals surface area contributed by atoms with Crippen LogP contribution < -0.4 is 5.32 Å². The third kappa shape index (κ3) is 5.91. The highest BCUT2D eigenvalue weighted by molar-refractivity contribution is 9.10. The molecule has 1 unspecified atom stereocenters. The maximum Gasteiger partial charge on any atom is 0.0587 e. The van der Waals surface area contributed by atoms with E-state index < -0.39 is 0 Å². The van der Waals surface area contributed by atoms with E-state index in [0.717, 1.165) is 37.0 Å². The first-order valence-corrected chi connectivity index (χ1v) is 8.94. The number of hydrogen-bond acceptors (Lipinski definition) is 3. The Balaban J connectivity index is 1.95. The van der Waals surface area contributed by atoms with Gasteiger partial charge in [0.2, 0.25) is 0 Å². The molecule has 1 N–H and O–H groups in total. The molecule has 0 aliphatic heterocycles. The molecule has 114 valence electrons. The first kappa shape index (κ1) is 16.7. The zero-order chi connectivity index (χ0) is 14.9. The summed E-state index contributed by atoms with van der Waals surface area (Å²) in [5.74, 6) is 0.529. The van der Waals surface area contributed by atoms with Gasteiger partial charge in [-0.2, -0.15) is 0 Å². The minimum atomic E-state index is 0.529. The standard InChI is InChI=1S/C17H22BrNOS/c1-20-10-9-19-13-15(7-8-17-6-3-11-21-17)14-4-2-5-16(18)12-14/h2-6,11-12,15,19H,7-10,13H2,1H3. The summed E-state index contributed by atoms with van der Waals surface area (Å²) in [7, 11) is 1.74. The summed E-state index contributed by atoms with van der Waals surface area (Å²) in [6, 6.07) is 13.0. The highest BCUT2D eigenvalue weighted by Gasteiger charge is 2.12. The van der Waals surface area contributed by atoms with Gasteiger partial charge >= 0.3 is 0 Å². The van der Waals surface area contributed by atoms with Crippen molar-refractivity contribution in [2.45, 2.75) is 18.8 Å². The van der Waals surface area contributed by atoms with Crippen molar-refractivity contribution in [1.82, 2.24) is 5.32 Å². The molecule has 0 radical (unpaired) electrons. The van der Waals surface area contributed by atoms with Gasteiger partial charge < -0.3 is 10.1 Å². The van der Waals surface area contributed by atoms with Crippen molar-refractivity contribution in [1.29, 1.82) is 0 Å². The van der Waals surface area contributed by atoms with Crippen molar-refractivity contribution in [2.24, 2.45) is 0 Å². The molecule has 0 saturated carbocycles. The largest absolute Gasteiger partial charge is 0.383 e. The lowest BCUT2D eigenvalue weighted by atomic mass is 9.94. The zero-order valence-electron chi connectivity index (χ0n) is 12.3. The molecule has 4 heteroatoms. The average Bonchev–Trinajstić information content (AvgIpc) is 3.00. The van der Waals surface area contributed by atoms with Gasteiger partial charge in [0.05, 0.1) is 6.61 Å². The first-order valence-electron chi connectivity index (χ1n) is 7.27. The lowest BCUT2D eigenvalue weighted by molar-refractivity contribution is 0.199. The SMILES string of the molecule is COCCNCC(CCc1cccs1)c1cccc(Br)c1. The fraction of sp³-hybridized carbons (Fsp3) is 0.412. The van der Waals surface area contributed by atoms with Gasteiger partial charge in [0, 0.05) is 29.5 Å². The van der Waals surface area contributed by atoms with E-state index in [-0.39, 0.29) is 0 Å². The number of aryl methyl sites for hydroxylation is 1. The van der Waals surface area contributed by atoms with Crippen LogP contribution in [0.25, 0.3) is 0 Å². The van der Waals surface area contributed by atoms with E-state index in [4.69, 9.17) is 4.74 Å². The van der Waals surface area contributed by atoms with Crippen LogP contribution in [0.2, 0.25) is 0 Å². The predicted octanol–water partition coefficient (Wildman–Crippen LogP) is 4.46. The van der Waals surface area contributed by atoms with Crippen LogP contribution in [-0.2, 0) is 11.2 Å². The number of methoxy groups -OCH3 is 1. The highest BCUT2D eigenvalue weighted by Crippen LogP contribution is 2.25. The molecule has 21 heavy (non-hydrogen) atoms. The Bertz CT molecular complexity index is 515. The molecule has 1 aromatic heterocycles. The van der Waals surface area contributed by atoms with Gasteiger partial charge in [-0.15, -0.1) is 11.3 Å². The van der Waals surface area contributed by atoms with Crippen LogP contribution in [-0.4, -0.2) is 26.8 Å². The maximum absolute atomic E-state index is 5.10. The number of nitrogens with one attached hydrogen (secondary N) is 1. The second kappa shape index (κ2) is 9.36. The Morgan fingerprint density at radius 3 is 2.90 bits per heavy atom. The van der Waals surface area contributed by atoms with Crippen molar-refractivity contribution in [3.8, 4) is 0 Å². The van der Waals surface area contributed by atoms with Crippen LogP contribution in [0.4, 0.5) is 0 Å². The number of hydrogen-bond donors (Lipinski definition) is 1. The van der Waals surface area contributed by atoms with E-state index >= 15 is 0 Å². The molecule has 2 rings (SSSR count). The average molecular weight is 368 g/mol. The Morgan fingerprint density at radius 2 is 2.19 bits per heavy atom. The molecule has 0 spiro atoms. The molecule has 1 aromatic carbocycles. The van der Waals surface area contributed by atoms with Crippen molar-refractivity contribution in [3.63, 3.8) is 0 Å². The number of benzene rings is 1. The van der Waals surface area contributed by atoms with Gasteiger partial charge in [0.15, 0.2) is 0 Å². The smallest absolute Gasteiger partial charge is 0.0587 e. The minimum absolute atomic E-state index is 0.529. The molecule has 0 amide bonds. The molecular formula is C17H22BrNOS. The summed E-state index contributed by atoms with van der Waals surface area (Å²) in [5, 5.41) is 5.65. The van der Waals surface area contributed by atoms with E-state index in [9.17, 15) is 0 Å². The Hall–Kier alpha value is -0.680. The van der Waals surface area contributed by atoms with Crippen LogP contribution in [0.15, 0.2) is 46.3 Å². The quantitative estimate of drug-likeness (QED) is 0.660. The number of halogens is 1. The Labute approximate surface area is 139 Å². The maximum atomic E-state index is 5.10. The molecule has 1 atom stereocenters. The third-order valence-electron chi connectivity index (χ3n) is 3.51. The normalized spacial score (nSPS) is 12.5. The first-order chi connectivity index (χ1) is 10.3. The molecule has 2 aromatic rings. The van der Waals surface area contributed by atoms with Crippen molar-refractivity contribution in [3.05, 3.63) is 56.7 Å². The van der Waals surface area contributed by atoms with E-state index in [1.54, 1.807) is 7.11 Å². The monoisotopic (exact) mass is 367 g/mol. The molecule has 0 fully saturated rings. The predicted molar refractivity (Wildman–Crippen MR) is 94.3 cm³/mol. The van der Waals surface area contributed by atoms with Crippen molar-refractivity contribution in [2.75, 3.05) is 26.8 Å². The minimum Gasteiger partial charge on any atom is -0.383 e. The van der Waals surface area contributed by atoms with Crippen LogP contribution in [0, 0.1) is 0 Å². The summed E-state index contributed by atoms with van der Waals surface area (Å²) in [6.45, 7) is 2.65. The van der Waals surface area contributed by atoms with Crippen LogP contribution in [0.5, 0.6) is 0 Å². The molecule has 0 aliphatic rings. The van der Waals surface area contributed by atoms with Crippen molar-refractivity contribution >= 4 is 27.3 Å². The Kier molecular flexibility index (Phi) is 7.44. The van der Waals surface area contributed by atoms with Crippen LogP contribution >= 0.6 is 27.3 Å². The number of rotatable bonds is 9. The summed E-state index contributed by atoms with van der Waals surface area (Å²) < 4.78 is 6.25. The third-order valence-corrected chi connectivity index (χ3v) is 4.94. The van der Waals surface area contributed by atoms with Gasteiger partial charge in [-0.05, 0) is 47.9 Å². The topological polar surface area (TPSA) is 21.3 Å². The van der Waals surface area contributed by atoms with E-state index in [1.807, 2.05) is 11.3 Å². The summed E-state index contributed by atoms with van der Waals surface area (Å²) in [5.41, 5.74) is 1.39. The van der Waals surface area contributed by atoms with Gasteiger partial charge in [0.1, 0.15) is 0 Å². The molecule has 0 saturated heterocycles. The zero-order valence-corrected chi connectivity index (χ0v) is 14.8. The van der Waals surface area contributed by atoms with Gasteiger partial charge in [-0.3, -0.25) is 0 Å². The molecule has 1 heterocycles. The molecular weight excluding hydrogens is 346 g/mol. The van der Waals surface area contributed by atoms with Crippen molar-refractivity contribution < 1.29 is 4.74 Å². The van der Waals surface area contributed by atoms with E-state index in [2.05, 4.69) is 63.0 Å². The summed E-state index contributed by atoms with van der Waals surface area (Å²) >= 11 is 5.42. The van der Waals surface area contributed by atoms with Crippen LogP contribution in [0.3, 0.4) is 0 Å². The summed E-state index contributed by atoms with van der Waals surface area (Å²) in [4.78, 5) is 1.46.